The Morgan fingerprint density at radius 1 is 1.15 bits per heavy atom. The van der Waals surface area contributed by atoms with E-state index in [1.54, 1.807) is 6.07 Å². The molecule has 1 heterocycles. The first kappa shape index (κ1) is 13.9. The molecule has 1 atom stereocenters. The maximum absolute atomic E-state index is 9.62. The summed E-state index contributed by atoms with van der Waals surface area (Å²) in [5.41, 5.74) is 8.02. The van der Waals surface area contributed by atoms with Crippen molar-refractivity contribution in [1.82, 2.24) is 4.90 Å². The van der Waals surface area contributed by atoms with Crippen molar-refractivity contribution in [3.05, 3.63) is 29.8 Å². The molecule has 3 rings (SSSR count). The molecule has 1 aliphatic carbocycles. The Hall–Kier alpha value is -1.06. The molecule has 2 fully saturated rings. The molecule has 1 unspecified atom stereocenters. The van der Waals surface area contributed by atoms with Crippen LogP contribution >= 0.6 is 0 Å². The van der Waals surface area contributed by atoms with Crippen LogP contribution in [0, 0.1) is 0 Å². The third-order valence-corrected chi connectivity index (χ3v) is 5.26. The fraction of sp³-hybridized carbons (Fsp3) is 0.647. The molecule has 3 N–H and O–H groups in total. The molecule has 0 bridgehead atoms. The van der Waals surface area contributed by atoms with E-state index in [4.69, 9.17) is 5.73 Å². The summed E-state index contributed by atoms with van der Waals surface area (Å²) in [6, 6.07) is 7.73. The van der Waals surface area contributed by atoms with Gasteiger partial charge in [-0.2, -0.15) is 0 Å². The average Bonchev–Trinajstić information content (AvgIpc) is 3.11. The Morgan fingerprint density at radius 3 is 2.50 bits per heavy atom. The second kappa shape index (κ2) is 5.74. The van der Waals surface area contributed by atoms with E-state index in [0.29, 0.717) is 5.75 Å². The van der Waals surface area contributed by atoms with Crippen LogP contribution in [0.4, 0.5) is 0 Å². The maximum Gasteiger partial charge on any atom is 0.115 e. The zero-order valence-corrected chi connectivity index (χ0v) is 12.2. The van der Waals surface area contributed by atoms with Crippen LogP contribution in [0.5, 0.6) is 5.75 Å². The molecule has 0 amide bonds. The molecule has 20 heavy (non-hydrogen) atoms. The fourth-order valence-electron chi connectivity index (χ4n) is 4.20. The van der Waals surface area contributed by atoms with Gasteiger partial charge in [-0.15, -0.1) is 0 Å². The van der Waals surface area contributed by atoms with Gasteiger partial charge >= 0.3 is 0 Å². The lowest BCUT2D eigenvalue weighted by Crippen LogP contribution is -2.58. The van der Waals surface area contributed by atoms with Crippen molar-refractivity contribution >= 4 is 0 Å². The van der Waals surface area contributed by atoms with E-state index < -0.39 is 0 Å². The first-order valence-corrected chi connectivity index (χ1v) is 7.99. The van der Waals surface area contributed by atoms with E-state index in [9.17, 15) is 5.11 Å². The van der Waals surface area contributed by atoms with Gasteiger partial charge in [-0.1, -0.05) is 25.0 Å². The van der Waals surface area contributed by atoms with Crippen LogP contribution in [0.1, 0.15) is 44.1 Å². The van der Waals surface area contributed by atoms with Crippen LogP contribution in [0.25, 0.3) is 0 Å². The predicted octanol–water partition coefficient (Wildman–Crippen LogP) is 2.67. The zero-order valence-electron chi connectivity index (χ0n) is 12.2. The Bertz CT molecular complexity index is 448. The van der Waals surface area contributed by atoms with Crippen LogP contribution < -0.4 is 5.73 Å². The molecule has 3 nitrogen and oxygen atoms in total. The highest BCUT2D eigenvalue weighted by atomic mass is 16.3. The summed E-state index contributed by atoms with van der Waals surface area (Å²) < 4.78 is 0. The largest absolute Gasteiger partial charge is 0.508 e. The number of phenols is 1. The van der Waals surface area contributed by atoms with Crippen LogP contribution in [0.3, 0.4) is 0 Å². The molecule has 2 aliphatic rings. The van der Waals surface area contributed by atoms with Crippen LogP contribution in [-0.4, -0.2) is 34.7 Å². The number of rotatable bonds is 4. The molecule has 1 saturated heterocycles. The molecule has 1 aromatic carbocycles. The smallest absolute Gasteiger partial charge is 0.115 e. The molecule has 110 valence electrons. The van der Waals surface area contributed by atoms with Crippen molar-refractivity contribution in [2.75, 3.05) is 13.1 Å². The van der Waals surface area contributed by atoms with E-state index in [1.165, 1.54) is 51.6 Å². The summed E-state index contributed by atoms with van der Waals surface area (Å²) in [7, 11) is 0. The standard InChI is InChI=1S/C17H26N2O/c18-16(13-14-6-5-7-15(20)12-14)17(8-1-2-9-17)19-10-3-4-11-19/h5-7,12,16,20H,1-4,8-11,13,18H2. The summed E-state index contributed by atoms with van der Waals surface area (Å²) in [5, 5.41) is 9.62. The number of benzene rings is 1. The Morgan fingerprint density at radius 2 is 1.85 bits per heavy atom. The summed E-state index contributed by atoms with van der Waals surface area (Å²) in [4.78, 5) is 2.66. The number of phenolic OH excluding ortho intramolecular Hbond substituents is 1. The van der Waals surface area contributed by atoms with Gasteiger partial charge in [-0.05, 0) is 62.9 Å². The highest BCUT2D eigenvalue weighted by Gasteiger charge is 2.44. The highest BCUT2D eigenvalue weighted by Crippen LogP contribution is 2.40. The van der Waals surface area contributed by atoms with Gasteiger partial charge in [0.15, 0.2) is 0 Å². The summed E-state index contributed by atoms with van der Waals surface area (Å²) in [6.07, 6.45) is 8.61. The topological polar surface area (TPSA) is 49.5 Å². The van der Waals surface area contributed by atoms with Gasteiger partial charge in [0.25, 0.3) is 0 Å². The fourth-order valence-corrected chi connectivity index (χ4v) is 4.20. The first-order chi connectivity index (χ1) is 9.71. The van der Waals surface area contributed by atoms with E-state index in [0.717, 1.165) is 12.0 Å². The van der Waals surface area contributed by atoms with Gasteiger partial charge in [0, 0.05) is 11.6 Å². The van der Waals surface area contributed by atoms with E-state index in [-0.39, 0.29) is 11.6 Å². The number of aromatic hydroxyl groups is 1. The van der Waals surface area contributed by atoms with Crippen molar-refractivity contribution in [3.8, 4) is 5.75 Å². The van der Waals surface area contributed by atoms with Gasteiger partial charge in [0.1, 0.15) is 5.75 Å². The molecular weight excluding hydrogens is 248 g/mol. The molecule has 1 aromatic rings. The lowest BCUT2D eigenvalue weighted by Gasteiger charge is -2.43. The molecular formula is C17H26N2O. The lowest BCUT2D eigenvalue weighted by molar-refractivity contribution is 0.0921. The highest BCUT2D eigenvalue weighted by molar-refractivity contribution is 5.28. The maximum atomic E-state index is 9.62. The first-order valence-electron chi connectivity index (χ1n) is 7.99. The van der Waals surface area contributed by atoms with Gasteiger partial charge in [0.2, 0.25) is 0 Å². The molecule has 1 aliphatic heterocycles. The summed E-state index contributed by atoms with van der Waals surface area (Å²) in [6.45, 7) is 2.43. The molecule has 1 saturated carbocycles. The van der Waals surface area contributed by atoms with Crippen molar-refractivity contribution < 1.29 is 5.11 Å². The minimum absolute atomic E-state index is 0.171. The molecule has 0 spiro atoms. The Balaban J connectivity index is 1.77. The molecule has 0 radical (unpaired) electrons. The Kier molecular flexibility index (Phi) is 3.99. The van der Waals surface area contributed by atoms with Crippen LogP contribution in [0.2, 0.25) is 0 Å². The minimum atomic E-state index is 0.171. The third kappa shape index (κ3) is 2.57. The number of hydrogen-bond acceptors (Lipinski definition) is 3. The van der Waals surface area contributed by atoms with Crippen molar-refractivity contribution in [2.24, 2.45) is 5.73 Å². The van der Waals surface area contributed by atoms with Crippen LogP contribution in [0.15, 0.2) is 24.3 Å². The number of hydrogen-bond donors (Lipinski definition) is 2. The van der Waals surface area contributed by atoms with E-state index >= 15 is 0 Å². The van der Waals surface area contributed by atoms with Gasteiger partial charge in [-0.25, -0.2) is 0 Å². The summed E-state index contributed by atoms with van der Waals surface area (Å²) in [5.74, 6) is 0.344. The van der Waals surface area contributed by atoms with Crippen molar-refractivity contribution in [2.45, 2.75) is 56.5 Å². The quantitative estimate of drug-likeness (QED) is 0.887. The number of likely N-dealkylation sites (tertiary alicyclic amines) is 1. The normalized spacial score (nSPS) is 24.1. The van der Waals surface area contributed by atoms with Gasteiger partial charge in [0.05, 0.1) is 0 Å². The zero-order chi connectivity index (χ0) is 14.0. The van der Waals surface area contributed by atoms with Gasteiger partial charge < -0.3 is 10.8 Å². The monoisotopic (exact) mass is 274 g/mol. The lowest BCUT2D eigenvalue weighted by atomic mass is 9.83. The second-order valence-corrected chi connectivity index (χ2v) is 6.49. The predicted molar refractivity (Wildman–Crippen MR) is 81.8 cm³/mol. The van der Waals surface area contributed by atoms with Crippen LogP contribution in [-0.2, 0) is 6.42 Å². The third-order valence-electron chi connectivity index (χ3n) is 5.26. The average molecular weight is 274 g/mol. The SMILES string of the molecule is NC(Cc1cccc(O)c1)C1(N2CCCC2)CCCC1. The van der Waals surface area contributed by atoms with Crippen molar-refractivity contribution in [1.29, 1.82) is 0 Å². The van der Waals surface area contributed by atoms with Gasteiger partial charge in [-0.3, -0.25) is 4.90 Å². The van der Waals surface area contributed by atoms with E-state index in [1.807, 2.05) is 12.1 Å². The second-order valence-electron chi connectivity index (χ2n) is 6.49. The number of nitrogens with zero attached hydrogens (tertiary/aromatic N) is 1. The Labute approximate surface area is 121 Å². The summed E-state index contributed by atoms with van der Waals surface area (Å²) >= 11 is 0. The van der Waals surface area contributed by atoms with E-state index in [2.05, 4.69) is 11.0 Å². The minimum Gasteiger partial charge on any atom is -0.508 e. The van der Waals surface area contributed by atoms with Crippen molar-refractivity contribution in [3.63, 3.8) is 0 Å². The molecule has 3 heteroatoms. The number of nitrogens with two attached hydrogens (primary N) is 1. The molecule has 0 aromatic heterocycles.